The van der Waals surface area contributed by atoms with E-state index in [0.717, 1.165) is 50.5 Å². The molecule has 0 aliphatic heterocycles. The second-order valence-corrected chi connectivity index (χ2v) is 8.56. The molecular weight excluding hydrogens is 294 g/mol. The van der Waals surface area contributed by atoms with Gasteiger partial charge in [-0.2, -0.15) is 5.26 Å². The normalized spacial score (nSPS) is 34.0. The van der Waals surface area contributed by atoms with Crippen LogP contribution < -0.4 is 0 Å². The molecule has 2 fully saturated rings. The molecule has 0 radical (unpaired) electrons. The van der Waals surface area contributed by atoms with E-state index < -0.39 is 0 Å². The van der Waals surface area contributed by atoms with Crippen molar-refractivity contribution < 1.29 is 4.74 Å². The van der Waals surface area contributed by atoms with Gasteiger partial charge in [0.05, 0.1) is 17.6 Å². The van der Waals surface area contributed by atoms with Gasteiger partial charge in [-0.1, -0.05) is 58.8 Å². The Labute approximate surface area is 150 Å². The number of hydrogen-bond acceptors (Lipinski definition) is 2. The summed E-state index contributed by atoms with van der Waals surface area (Å²) in [5.41, 5.74) is -0.0345. The van der Waals surface area contributed by atoms with E-state index >= 15 is 0 Å². The van der Waals surface area contributed by atoms with Gasteiger partial charge < -0.3 is 4.74 Å². The van der Waals surface area contributed by atoms with Crippen molar-refractivity contribution in [3.05, 3.63) is 0 Å². The highest BCUT2D eigenvalue weighted by atomic mass is 16.5. The second kappa shape index (κ2) is 10.4. The molecule has 0 saturated heterocycles. The predicted octanol–water partition coefficient (Wildman–Crippen LogP) is 6.64. The summed E-state index contributed by atoms with van der Waals surface area (Å²) in [6.45, 7) is 5.51. The lowest BCUT2D eigenvalue weighted by atomic mass is 9.71. The number of rotatable bonds is 9. The third-order valence-corrected chi connectivity index (χ3v) is 6.62. The zero-order chi connectivity index (χ0) is 17.3. The van der Waals surface area contributed by atoms with E-state index in [9.17, 15) is 5.26 Å². The first-order valence-corrected chi connectivity index (χ1v) is 10.7. The standard InChI is InChI=1S/C22H39NO/c1-3-5-6-14-22(18-23)15-12-21(13-16-22)24-17-20-10-8-19(7-4-2)9-11-20/h19-21H,3-17H2,1-2H3. The molecule has 0 aromatic rings. The fourth-order valence-electron chi connectivity index (χ4n) is 4.81. The topological polar surface area (TPSA) is 33.0 Å². The first-order chi connectivity index (χ1) is 11.7. The fraction of sp³-hybridized carbons (Fsp3) is 0.955. The van der Waals surface area contributed by atoms with Gasteiger partial charge in [0, 0.05) is 6.61 Å². The molecule has 0 amide bonds. The number of unbranched alkanes of at least 4 members (excludes halogenated alkanes) is 2. The number of nitrogens with zero attached hydrogens (tertiary/aromatic N) is 1. The van der Waals surface area contributed by atoms with Gasteiger partial charge in [-0.3, -0.25) is 0 Å². The Balaban J connectivity index is 1.63. The van der Waals surface area contributed by atoms with Gasteiger partial charge in [0.15, 0.2) is 0 Å². The van der Waals surface area contributed by atoms with Gasteiger partial charge in [-0.15, -0.1) is 0 Å². The van der Waals surface area contributed by atoms with E-state index in [1.54, 1.807) is 0 Å². The van der Waals surface area contributed by atoms with E-state index in [0.29, 0.717) is 6.10 Å². The van der Waals surface area contributed by atoms with Crippen LogP contribution in [0.5, 0.6) is 0 Å². The molecule has 2 aliphatic carbocycles. The Bertz CT molecular complexity index is 370. The number of hydrogen-bond donors (Lipinski definition) is 0. The van der Waals surface area contributed by atoms with Gasteiger partial charge in [0.1, 0.15) is 0 Å². The van der Waals surface area contributed by atoms with Crippen LogP contribution in [0.4, 0.5) is 0 Å². The molecule has 0 aromatic heterocycles. The summed E-state index contributed by atoms with van der Waals surface area (Å²) in [5.74, 6) is 1.78. The molecule has 2 heteroatoms. The van der Waals surface area contributed by atoms with Crippen molar-refractivity contribution in [1.82, 2.24) is 0 Å². The van der Waals surface area contributed by atoms with Crippen molar-refractivity contribution in [1.29, 1.82) is 5.26 Å². The molecule has 2 nitrogen and oxygen atoms in total. The minimum atomic E-state index is -0.0345. The third kappa shape index (κ3) is 6.07. The molecule has 0 N–H and O–H groups in total. The Kier molecular flexibility index (Phi) is 8.60. The average Bonchev–Trinajstić information content (AvgIpc) is 2.63. The lowest BCUT2D eigenvalue weighted by molar-refractivity contribution is -0.0184. The average molecular weight is 334 g/mol. The summed E-state index contributed by atoms with van der Waals surface area (Å²) in [6.07, 6.45) is 17.9. The van der Waals surface area contributed by atoms with Crippen molar-refractivity contribution in [2.75, 3.05) is 6.61 Å². The zero-order valence-electron chi connectivity index (χ0n) is 16.2. The zero-order valence-corrected chi connectivity index (χ0v) is 16.2. The van der Waals surface area contributed by atoms with Crippen molar-refractivity contribution in [2.45, 2.75) is 110 Å². The van der Waals surface area contributed by atoms with Crippen molar-refractivity contribution >= 4 is 0 Å². The minimum Gasteiger partial charge on any atom is -0.378 e. The third-order valence-electron chi connectivity index (χ3n) is 6.62. The van der Waals surface area contributed by atoms with Crippen molar-refractivity contribution in [2.24, 2.45) is 17.3 Å². The van der Waals surface area contributed by atoms with Crippen LogP contribution in [0, 0.1) is 28.6 Å². The molecule has 0 heterocycles. The molecule has 0 aromatic carbocycles. The van der Waals surface area contributed by atoms with E-state index in [4.69, 9.17) is 4.74 Å². The Morgan fingerprint density at radius 3 is 2.17 bits per heavy atom. The van der Waals surface area contributed by atoms with Crippen LogP contribution in [0.15, 0.2) is 0 Å². The largest absolute Gasteiger partial charge is 0.378 e. The van der Waals surface area contributed by atoms with E-state index in [2.05, 4.69) is 19.9 Å². The van der Waals surface area contributed by atoms with Gasteiger partial charge in [0.25, 0.3) is 0 Å². The summed E-state index contributed by atoms with van der Waals surface area (Å²) < 4.78 is 6.27. The van der Waals surface area contributed by atoms with Gasteiger partial charge in [-0.25, -0.2) is 0 Å². The van der Waals surface area contributed by atoms with Crippen LogP contribution >= 0.6 is 0 Å². The molecule has 0 unspecified atom stereocenters. The van der Waals surface area contributed by atoms with Gasteiger partial charge in [0.2, 0.25) is 0 Å². The summed E-state index contributed by atoms with van der Waals surface area (Å²) in [6, 6.07) is 2.66. The Hall–Kier alpha value is -0.550. The molecule has 2 saturated carbocycles. The maximum Gasteiger partial charge on any atom is 0.0689 e. The molecule has 0 spiro atoms. The first-order valence-electron chi connectivity index (χ1n) is 10.7. The van der Waals surface area contributed by atoms with Crippen molar-refractivity contribution in [3.8, 4) is 6.07 Å². The number of nitriles is 1. The molecule has 2 rings (SSSR count). The van der Waals surface area contributed by atoms with Gasteiger partial charge >= 0.3 is 0 Å². The predicted molar refractivity (Wildman–Crippen MR) is 101 cm³/mol. The summed E-state index contributed by atoms with van der Waals surface area (Å²) in [7, 11) is 0. The van der Waals surface area contributed by atoms with E-state index in [-0.39, 0.29) is 5.41 Å². The van der Waals surface area contributed by atoms with Crippen LogP contribution in [0.25, 0.3) is 0 Å². The molecular formula is C22H39NO. The lowest BCUT2D eigenvalue weighted by Gasteiger charge is -2.36. The molecule has 138 valence electrons. The first kappa shape index (κ1) is 19.8. The lowest BCUT2D eigenvalue weighted by Crippen LogP contribution is -2.31. The van der Waals surface area contributed by atoms with Crippen LogP contribution in [0.2, 0.25) is 0 Å². The van der Waals surface area contributed by atoms with Crippen LogP contribution in [-0.4, -0.2) is 12.7 Å². The molecule has 0 bridgehead atoms. The summed E-state index contributed by atoms with van der Waals surface area (Å²) in [4.78, 5) is 0. The summed E-state index contributed by atoms with van der Waals surface area (Å²) >= 11 is 0. The monoisotopic (exact) mass is 333 g/mol. The maximum absolute atomic E-state index is 9.64. The van der Waals surface area contributed by atoms with E-state index in [1.165, 1.54) is 57.8 Å². The van der Waals surface area contributed by atoms with Crippen LogP contribution in [0.3, 0.4) is 0 Å². The highest BCUT2D eigenvalue weighted by Gasteiger charge is 2.35. The molecule has 24 heavy (non-hydrogen) atoms. The summed E-state index contributed by atoms with van der Waals surface area (Å²) in [5, 5.41) is 9.64. The minimum absolute atomic E-state index is 0.0345. The van der Waals surface area contributed by atoms with Gasteiger partial charge in [-0.05, 0) is 56.8 Å². The highest BCUT2D eigenvalue weighted by Crippen LogP contribution is 2.41. The SMILES string of the molecule is CCCCCC1(C#N)CCC(OCC2CCC(CCC)CC2)CC1. The highest BCUT2D eigenvalue weighted by molar-refractivity contribution is 5.01. The van der Waals surface area contributed by atoms with Crippen LogP contribution in [0.1, 0.15) is 104 Å². The van der Waals surface area contributed by atoms with Crippen LogP contribution in [-0.2, 0) is 4.74 Å². The second-order valence-electron chi connectivity index (χ2n) is 8.56. The Morgan fingerprint density at radius 1 is 0.917 bits per heavy atom. The van der Waals surface area contributed by atoms with Crippen molar-refractivity contribution in [3.63, 3.8) is 0 Å². The Morgan fingerprint density at radius 2 is 1.58 bits per heavy atom. The smallest absolute Gasteiger partial charge is 0.0689 e. The maximum atomic E-state index is 9.64. The molecule has 2 aliphatic rings. The molecule has 0 atom stereocenters. The fourth-order valence-corrected chi connectivity index (χ4v) is 4.81. The number of ether oxygens (including phenoxy) is 1. The quantitative estimate of drug-likeness (QED) is 0.443. The van der Waals surface area contributed by atoms with E-state index in [1.807, 2.05) is 0 Å².